The number of aliphatic hydroxyl groups excluding tert-OH is 1. The van der Waals surface area contributed by atoms with E-state index >= 15 is 0 Å². The lowest BCUT2D eigenvalue weighted by molar-refractivity contribution is 0.0963. The number of rotatable bonds is 9. The molecule has 0 bridgehead atoms. The molecule has 210 valence electrons. The minimum Gasteiger partial charge on any atom is -0.507 e. The average Bonchev–Trinajstić information content (AvgIpc) is 3.12. The van der Waals surface area contributed by atoms with E-state index in [-0.39, 0.29) is 58.4 Å². The number of carbonyl (C=O) groups is 1. The Bertz CT molecular complexity index is 1060. The first-order chi connectivity index (χ1) is 17.4. The normalized spacial score (nSPS) is 19.1. The lowest BCUT2D eigenvalue weighted by Crippen LogP contribution is -2.34. The van der Waals surface area contributed by atoms with E-state index in [9.17, 15) is 15.0 Å². The molecule has 2 unspecified atom stereocenters. The second-order valence-electron chi connectivity index (χ2n) is 12.5. The highest BCUT2D eigenvalue weighted by Crippen LogP contribution is 2.40. The van der Waals surface area contributed by atoms with Gasteiger partial charge in [0.1, 0.15) is 11.6 Å². The van der Waals surface area contributed by atoms with Crippen LogP contribution in [0.15, 0.2) is 47.5 Å². The number of phenolic OH excluding ortho intramolecular Hbond substituents is 1. The molecular formula is C32H47BrN2O3. The van der Waals surface area contributed by atoms with Gasteiger partial charge in [-0.3, -0.25) is 9.79 Å². The second kappa shape index (κ2) is 13.3. The van der Waals surface area contributed by atoms with Crippen molar-refractivity contribution >= 4 is 28.6 Å². The van der Waals surface area contributed by atoms with Crippen molar-refractivity contribution in [3.05, 3.63) is 64.7 Å². The number of halogens is 1. The van der Waals surface area contributed by atoms with Gasteiger partial charge in [-0.15, -0.1) is 17.0 Å². The van der Waals surface area contributed by atoms with Gasteiger partial charge in [-0.05, 0) is 47.3 Å². The summed E-state index contributed by atoms with van der Waals surface area (Å²) >= 11 is 0. The summed E-state index contributed by atoms with van der Waals surface area (Å²) in [6.45, 7) is 15.9. The van der Waals surface area contributed by atoms with Crippen molar-refractivity contribution in [1.29, 1.82) is 0 Å². The Hall–Kier alpha value is -2.18. The maximum atomic E-state index is 13.8. The maximum absolute atomic E-state index is 13.8. The molecule has 6 heteroatoms. The molecule has 0 aliphatic carbocycles. The van der Waals surface area contributed by atoms with Gasteiger partial charge in [0.15, 0.2) is 5.78 Å². The summed E-state index contributed by atoms with van der Waals surface area (Å²) in [7, 11) is 0. The number of hydrogen-bond donors (Lipinski definition) is 2. The van der Waals surface area contributed by atoms with Crippen LogP contribution in [0.5, 0.6) is 5.75 Å². The van der Waals surface area contributed by atoms with Crippen molar-refractivity contribution in [2.45, 2.75) is 78.6 Å². The zero-order chi connectivity index (χ0) is 27.4. The Morgan fingerprint density at radius 1 is 1.03 bits per heavy atom. The molecule has 0 amide bonds. The highest BCUT2D eigenvalue weighted by Gasteiger charge is 2.38. The molecule has 0 saturated carbocycles. The van der Waals surface area contributed by atoms with Crippen molar-refractivity contribution in [1.82, 2.24) is 4.90 Å². The van der Waals surface area contributed by atoms with Gasteiger partial charge in [0, 0.05) is 29.2 Å². The molecule has 0 spiro atoms. The largest absolute Gasteiger partial charge is 0.507 e. The predicted molar refractivity (Wildman–Crippen MR) is 163 cm³/mol. The number of aliphatic imine (C=N–C) groups is 1. The highest BCUT2D eigenvalue weighted by atomic mass is 79.9. The third kappa shape index (κ3) is 7.69. The van der Waals surface area contributed by atoms with E-state index in [1.54, 1.807) is 0 Å². The van der Waals surface area contributed by atoms with E-state index in [0.717, 1.165) is 42.8 Å². The fraction of sp³-hybridized carbons (Fsp3) is 0.562. The fourth-order valence-corrected chi connectivity index (χ4v) is 5.47. The molecule has 5 nitrogen and oxygen atoms in total. The Labute approximate surface area is 240 Å². The first kappa shape index (κ1) is 32.0. The first-order valence-electron chi connectivity index (χ1n) is 13.7. The van der Waals surface area contributed by atoms with Crippen LogP contribution in [0.3, 0.4) is 0 Å². The van der Waals surface area contributed by atoms with Crippen molar-refractivity contribution in [3.8, 4) is 5.75 Å². The van der Waals surface area contributed by atoms with E-state index in [1.807, 2.05) is 18.2 Å². The SMILES string of the molecule is Br.CCCC1CN(CC(=O)c2cc(C(C)(C)C)c(O)c(C(C)(C)C)c2)/C(=N/CCO)C1Cc1ccccc1. The number of benzene rings is 2. The van der Waals surface area contributed by atoms with E-state index in [2.05, 4.69) is 77.6 Å². The van der Waals surface area contributed by atoms with Crippen LogP contribution in [-0.4, -0.2) is 53.0 Å². The lowest BCUT2D eigenvalue weighted by atomic mass is 9.78. The van der Waals surface area contributed by atoms with Crippen molar-refractivity contribution in [2.24, 2.45) is 16.8 Å². The smallest absolute Gasteiger partial charge is 0.182 e. The summed E-state index contributed by atoms with van der Waals surface area (Å²) in [6.07, 6.45) is 3.02. The molecule has 1 aliphatic rings. The van der Waals surface area contributed by atoms with Gasteiger partial charge in [0.05, 0.1) is 19.7 Å². The fourth-order valence-electron chi connectivity index (χ4n) is 5.47. The number of aromatic hydroxyl groups is 1. The molecular weight excluding hydrogens is 540 g/mol. The van der Waals surface area contributed by atoms with Crippen LogP contribution in [-0.2, 0) is 17.3 Å². The van der Waals surface area contributed by atoms with Crippen LogP contribution >= 0.6 is 17.0 Å². The van der Waals surface area contributed by atoms with Gasteiger partial charge < -0.3 is 15.1 Å². The Morgan fingerprint density at radius 2 is 1.61 bits per heavy atom. The number of carbonyl (C=O) groups excluding carboxylic acids is 1. The summed E-state index contributed by atoms with van der Waals surface area (Å²) in [5.41, 5.74) is 2.90. The zero-order valence-corrected chi connectivity index (χ0v) is 26.0. The minimum absolute atomic E-state index is 0. The number of aliphatic hydroxyl groups is 1. The molecule has 2 aromatic carbocycles. The molecule has 2 aromatic rings. The molecule has 1 fully saturated rings. The topological polar surface area (TPSA) is 73.1 Å². The monoisotopic (exact) mass is 586 g/mol. The van der Waals surface area contributed by atoms with Crippen molar-refractivity contribution in [2.75, 3.05) is 26.2 Å². The molecule has 1 aliphatic heterocycles. The number of amidine groups is 1. The summed E-state index contributed by atoms with van der Waals surface area (Å²) in [5.74, 6) is 1.88. The van der Waals surface area contributed by atoms with Gasteiger partial charge in [0.2, 0.25) is 0 Å². The van der Waals surface area contributed by atoms with Crippen LogP contribution in [0.25, 0.3) is 0 Å². The van der Waals surface area contributed by atoms with Crippen LogP contribution in [0.1, 0.15) is 88.4 Å². The number of phenols is 1. The number of Topliss-reactive ketones (excluding diaryl/α,β-unsaturated/α-hetero) is 1. The maximum Gasteiger partial charge on any atom is 0.182 e. The standard InChI is InChI=1S/C32H46N2O3.BrH/c1-8-12-23-20-34(30(33-15-16-35)25(23)17-22-13-10-9-11-14-22)21-28(36)24-18-26(31(2,3)4)29(37)27(19-24)32(5,6)7;/h9-11,13-14,18-19,23,25,35,37H,8,12,15-17,20-21H2,1-7H3;1H/b33-30+;. The van der Waals surface area contributed by atoms with Crippen LogP contribution in [0, 0.1) is 11.8 Å². The minimum atomic E-state index is -0.297. The molecule has 2 N–H and O–H groups in total. The quantitative estimate of drug-likeness (QED) is 0.319. The van der Waals surface area contributed by atoms with Crippen molar-refractivity contribution < 1.29 is 15.0 Å². The summed E-state index contributed by atoms with van der Waals surface area (Å²) in [5, 5.41) is 20.6. The van der Waals surface area contributed by atoms with E-state index in [0.29, 0.717) is 18.0 Å². The predicted octanol–water partition coefficient (Wildman–Crippen LogP) is 6.73. The molecule has 0 aromatic heterocycles. The van der Waals surface area contributed by atoms with Gasteiger partial charge in [0.25, 0.3) is 0 Å². The van der Waals surface area contributed by atoms with Gasteiger partial charge in [-0.1, -0.05) is 85.2 Å². The van der Waals surface area contributed by atoms with Crippen molar-refractivity contribution in [3.63, 3.8) is 0 Å². The molecule has 3 rings (SSSR count). The third-order valence-electron chi connectivity index (χ3n) is 7.39. The first-order valence-corrected chi connectivity index (χ1v) is 13.7. The third-order valence-corrected chi connectivity index (χ3v) is 7.39. The number of likely N-dealkylation sites (tertiary alicyclic amines) is 1. The molecule has 38 heavy (non-hydrogen) atoms. The highest BCUT2D eigenvalue weighted by molar-refractivity contribution is 8.93. The summed E-state index contributed by atoms with van der Waals surface area (Å²) < 4.78 is 0. The van der Waals surface area contributed by atoms with E-state index in [4.69, 9.17) is 4.99 Å². The Balaban J connectivity index is 0.00000507. The van der Waals surface area contributed by atoms with Gasteiger partial charge in [-0.25, -0.2) is 0 Å². The molecule has 1 saturated heterocycles. The molecule has 2 atom stereocenters. The van der Waals surface area contributed by atoms with Crippen LogP contribution in [0.4, 0.5) is 0 Å². The summed E-state index contributed by atoms with van der Waals surface area (Å²) in [4.78, 5) is 20.7. The second-order valence-corrected chi connectivity index (χ2v) is 12.5. The van der Waals surface area contributed by atoms with Crippen LogP contribution in [0.2, 0.25) is 0 Å². The molecule has 1 heterocycles. The van der Waals surface area contributed by atoms with E-state index < -0.39 is 0 Å². The Morgan fingerprint density at radius 3 is 2.11 bits per heavy atom. The zero-order valence-electron chi connectivity index (χ0n) is 24.3. The van der Waals surface area contributed by atoms with E-state index in [1.165, 1.54) is 5.56 Å². The number of ketones is 1. The average molecular weight is 588 g/mol. The number of hydrogen-bond acceptors (Lipinski definition) is 4. The Kier molecular flexibility index (Phi) is 11.2. The molecule has 0 radical (unpaired) electrons. The summed E-state index contributed by atoms with van der Waals surface area (Å²) in [6, 6.07) is 14.2. The van der Waals surface area contributed by atoms with Crippen LogP contribution < -0.4 is 0 Å². The number of nitrogens with zero attached hydrogens (tertiary/aromatic N) is 2. The van der Waals surface area contributed by atoms with Gasteiger partial charge >= 0.3 is 0 Å². The van der Waals surface area contributed by atoms with Gasteiger partial charge in [-0.2, -0.15) is 0 Å². The lowest BCUT2D eigenvalue weighted by Gasteiger charge is -2.28.